The number of halogens is 1. The Morgan fingerprint density at radius 2 is 2.21 bits per heavy atom. The van der Waals surface area contributed by atoms with Crippen molar-refractivity contribution in [2.75, 3.05) is 26.2 Å². The summed E-state index contributed by atoms with van der Waals surface area (Å²) in [5.41, 5.74) is 2.71. The molecule has 1 saturated heterocycles. The topological polar surface area (TPSA) is 44.0 Å². The van der Waals surface area contributed by atoms with E-state index in [0.29, 0.717) is 10.9 Å². The number of rotatable bonds is 6. The largest absolute Gasteiger partial charge is 0.375 e. The molecule has 1 fully saturated rings. The second kappa shape index (κ2) is 8.28. The second-order valence-electron chi connectivity index (χ2n) is 6.60. The lowest BCUT2D eigenvalue weighted by molar-refractivity contribution is 0.183. The van der Waals surface area contributed by atoms with Gasteiger partial charge in [0.2, 0.25) is 0 Å². The lowest BCUT2D eigenvalue weighted by atomic mass is 9.96. The van der Waals surface area contributed by atoms with Crippen molar-refractivity contribution in [3.05, 3.63) is 29.0 Å². The summed E-state index contributed by atoms with van der Waals surface area (Å²) in [5.74, 6) is 0.690. The summed E-state index contributed by atoms with van der Waals surface area (Å²) in [4.78, 5) is 10.8. The first-order chi connectivity index (χ1) is 11.7. The third kappa shape index (κ3) is 4.26. The Bertz CT molecular complexity index is 691. The van der Waals surface area contributed by atoms with Crippen molar-refractivity contribution in [3.63, 3.8) is 0 Å². The highest BCUT2D eigenvalue weighted by atomic mass is 35.5. The highest BCUT2D eigenvalue weighted by Crippen LogP contribution is 2.22. The molecule has 1 aliphatic heterocycles. The molecule has 0 saturated carbocycles. The zero-order valence-electron chi connectivity index (χ0n) is 14.1. The van der Waals surface area contributed by atoms with Gasteiger partial charge in [-0.15, -0.1) is 0 Å². The molecular formula is C18H25ClN4S. The van der Waals surface area contributed by atoms with E-state index in [-0.39, 0.29) is 0 Å². The van der Waals surface area contributed by atoms with Gasteiger partial charge in [0.05, 0.1) is 17.4 Å². The van der Waals surface area contributed by atoms with Crippen molar-refractivity contribution in [2.24, 2.45) is 5.92 Å². The first-order valence-corrected chi connectivity index (χ1v) is 9.59. The molecular weight excluding hydrogens is 340 g/mol. The molecule has 1 aliphatic rings. The lowest BCUT2D eigenvalue weighted by Gasteiger charge is -2.32. The quantitative estimate of drug-likeness (QED) is 0.760. The first-order valence-electron chi connectivity index (χ1n) is 8.80. The summed E-state index contributed by atoms with van der Waals surface area (Å²) >= 11 is 11.8. The minimum atomic E-state index is 0.676. The third-order valence-electron chi connectivity index (χ3n) is 4.82. The van der Waals surface area contributed by atoms with E-state index in [1.807, 2.05) is 12.1 Å². The van der Waals surface area contributed by atoms with Gasteiger partial charge in [-0.1, -0.05) is 37.2 Å². The summed E-state index contributed by atoms with van der Waals surface area (Å²) < 4.78 is 0. The molecule has 130 valence electrons. The Morgan fingerprint density at radius 1 is 1.42 bits per heavy atom. The first kappa shape index (κ1) is 17.6. The van der Waals surface area contributed by atoms with E-state index in [1.165, 1.54) is 45.3 Å². The van der Waals surface area contributed by atoms with Crippen LogP contribution >= 0.6 is 23.8 Å². The fourth-order valence-electron chi connectivity index (χ4n) is 3.32. The summed E-state index contributed by atoms with van der Waals surface area (Å²) in [7, 11) is 0. The standard InChI is InChI=1S/C18H25ClN4S/c1-2-3-6-23-7-4-13(5-8-23)11-20-18(24)15-9-14(19)10-16-17(15)22-12-21-16/h9-10,12-13H,2-8,11H2,1H3,(H,20,24)(H,21,22). The van der Waals surface area contributed by atoms with Gasteiger partial charge >= 0.3 is 0 Å². The maximum Gasteiger partial charge on any atom is 0.108 e. The number of thiocarbonyl (C=S) groups is 1. The molecule has 6 heteroatoms. The fourth-order valence-corrected chi connectivity index (χ4v) is 3.77. The minimum Gasteiger partial charge on any atom is -0.375 e. The minimum absolute atomic E-state index is 0.676. The van der Waals surface area contributed by atoms with Crippen LogP contribution in [0.5, 0.6) is 0 Å². The third-order valence-corrected chi connectivity index (χ3v) is 5.40. The summed E-state index contributed by atoms with van der Waals surface area (Å²) in [6, 6.07) is 3.77. The molecule has 1 aromatic heterocycles. The molecule has 0 unspecified atom stereocenters. The molecule has 0 atom stereocenters. The maximum absolute atomic E-state index is 6.19. The highest BCUT2D eigenvalue weighted by molar-refractivity contribution is 7.80. The average molecular weight is 365 g/mol. The smallest absolute Gasteiger partial charge is 0.108 e. The van der Waals surface area contributed by atoms with Crippen LogP contribution in [0.15, 0.2) is 18.5 Å². The van der Waals surface area contributed by atoms with Gasteiger partial charge in [0.15, 0.2) is 0 Å². The number of hydrogen-bond acceptors (Lipinski definition) is 3. The van der Waals surface area contributed by atoms with E-state index in [0.717, 1.165) is 28.1 Å². The number of unbranched alkanes of at least 4 members (excludes halogenated alkanes) is 1. The molecule has 0 aliphatic carbocycles. The zero-order valence-corrected chi connectivity index (χ0v) is 15.7. The number of aromatic amines is 1. The molecule has 1 aromatic carbocycles. The van der Waals surface area contributed by atoms with Crippen LogP contribution in [0.3, 0.4) is 0 Å². The Balaban J connectivity index is 1.53. The van der Waals surface area contributed by atoms with Crippen LogP contribution in [0.4, 0.5) is 0 Å². The molecule has 2 aromatic rings. The molecule has 0 radical (unpaired) electrons. The average Bonchev–Trinajstić information content (AvgIpc) is 3.06. The second-order valence-corrected chi connectivity index (χ2v) is 7.45. The van der Waals surface area contributed by atoms with Crippen LogP contribution in [0.2, 0.25) is 5.02 Å². The normalized spacial score (nSPS) is 16.6. The Hall–Kier alpha value is -1.17. The molecule has 0 amide bonds. The molecule has 0 bridgehead atoms. The Kier molecular flexibility index (Phi) is 6.09. The Labute approximate surface area is 154 Å². The van der Waals surface area contributed by atoms with E-state index in [2.05, 4.69) is 27.1 Å². The summed E-state index contributed by atoms with van der Waals surface area (Å²) in [6.45, 7) is 6.84. The van der Waals surface area contributed by atoms with Crippen molar-refractivity contribution >= 4 is 39.8 Å². The van der Waals surface area contributed by atoms with Gasteiger partial charge in [0.1, 0.15) is 4.99 Å². The van der Waals surface area contributed by atoms with E-state index < -0.39 is 0 Å². The van der Waals surface area contributed by atoms with E-state index >= 15 is 0 Å². The predicted octanol–water partition coefficient (Wildman–Crippen LogP) is 3.99. The summed E-state index contributed by atoms with van der Waals surface area (Å²) in [6.07, 6.45) is 6.75. The number of imidazole rings is 1. The molecule has 3 rings (SSSR count). The van der Waals surface area contributed by atoms with Crippen molar-refractivity contribution in [1.29, 1.82) is 0 Å². The number of fused-ring (bicyclic) bond motifs is 1. The van der Waals surface area contributed by atoms with Crippen LogP contribution in [0, 0.1) is 5.92 Å². The van der Waals surface area contributed by atoms with Crippen molar-refractivity contribution in [2.45, 2.75) is 32.6 Å². The number of nitrogens with zero attached hydrogens (tertiary/aromatic N) is 2. The number of likely N-dealkylation sites (tertiary alicyclic amines) is 1. The van der Waals surface area contributed by atoms with Crippen molar-refractivity contribution in [3.8, 4) is 0 Å². The molecule has 0 spiro atoms. The van der Waals surface area contributed by atoms with E-state index in [9.17, 15) is 0 Å². The van der Waals surface area contributed by atoms with Crippen LogP contribution in [0.25, 0.3) is 11.0 Å². The van der Waals surface area contributed by atoms with Crippen LogP contribution in [-0.2, 0) is 0 Å². The number of piperidine rings is 1. The number of aromatic nitrogens is 2. The van der Waals surface area contributed by atoms with E-state index in [1.54, 1.807) is 6.33 Å². The number of hydrogen-bond donors (Lipinski definition) is 2. The van der Waals surface area contributed by atoms with Gasteiger partial charge < -0.3 is 15.2 Å². The van der Waals surface area contributed by atoms with Gasteiger partial charge in [0, 0.05) is 17.1 Å². The van der Waals surface area contributed by atoms with Gasteiger partial charge in [-0.3, -0.25) is 0 Å². The van der Waals surface area contributed by atoms with Crippen molar-refractivity contribution < 1.29 is 0 Å². The number of H-pyrrole nitrogens is 1. The van der Waals surface area contributed by atoms with Crippen LogP contribution in [0.1, 0.15) is 38.2 Å². The number of benzene rings is 1. The molecule has 2 N–H and O–H groups in total. The van der Waals surface area contributed by atoms with Crippen molar-refractivity contribution in [1.82, 2.24) is 20.2 Å². The SMILES string of the molecule is CCCCN1CCC(CNC(=S)c2cc(Cl)cc3[nH]cnc23)CC1. The number of nitrogens with one attached hydrogen (secondary N) is 2. The van der Waals surface area contributed by atoms with Gasteiger partial charge in [-0.2, -0.15) is 0 Å². The molecule has 24 heavy (non-hydrogen) atoms. The maximum atomic E-state index is 6.19. The van der Waals surface area contributed by atoms with E-state index in [4.69, 9.17) is 23.8 Å². The fraction of sp³-hybridized carbons (Fsp3) is 0.556. The highest BCUT2D eigenvalue weighted by Gasteiger charge is 2.19. The molecule has 2 heterocycles. The van der Waals surface area contributed by atoms with Crippen LogP contribution in [-0.4, -0.2) is 46.0 Å². The van der Waals surface area contributed by atoms with Gasteiger partial charge in [0.25, 0.3) is 0 Å². The van der Waals surface area contributed by atoms with Gasteiger partial charge in [-0.25, -0.2) is 4.98 Å². The zero-order chi connectivity index (χ0) is 16.9. The van der Waals surface area contributed by atoms with Crippen LogP contribution < -0.4 is 5.32 Å². The molecule has 4 nitrogen and oxygen atoms in total. The monoisotopic (exact) mass is 364 g/mol. The summed E-state index contributed by atoms with van der Waals surface area (Å²) in [5, 5.41) is 4.11. The Morgan fingerprint density at radius 3 is 2.96 bits per heavy atom. The lowest BCUT2D eigenvalue weighted by Crippen LogP contribution is -2.38. The predicted molar refractivity (Wildman–Crippen MR) is 105 cm³/mol. The van der Waals surface area contributed by atoms with Gasteiger partial charge in [-0.05, 0) is 56.9 Å².